The minimum atomic E-state index is 0.634. The number of hydrogen-bond donors (Lipinski definition) is 1. The third kappa shape index (κ3) is 4.35. The molecule has 0 saturated carbocycles. The topological polar surface area (TPSA) is 29.9 Å². The lowest BCUT2D eigenvalue weighted by Crippen LogP contribution is -2.26. The van der Waals surface area contributed by atoms with E-state index in [4.69, 9.17) is 0 Å². The summed E-state index contributed by atoms with van der Waals surface area (Å²) >= 11 is 0. The molecule has 1 unspecified atom stereocenters. The van der Waals surface area contributed by atoms with E-state index in [1.54, 1.807) is 0 Å². The molecule has 1 atom stereocenters. The smallest absolute Gasteiger partial charge is 0.0596 e. The van der Waals surface area contributed by atoms with Crippen molar-refractivity contribution in [2.75, 3.05) is 6.54 Å². The minimum Gasteiger partial charge on any atom is -0.314 e. The third-order valence-electron chi connectivity index (χ3n) is 2.91. The summed E-state index contributed by atoms with van der Waals surface area (Å²) in [5.74, 6) is 0. The van der Waals surface area contributed by atoms with Gasteiger partial charge in [0.2, 0.25) is 0 Å². The Labute approximate surface area is 99.2 Å². The molecule has 0 spiro atoms. The SMILES string of the molecule is CCCNC(C)CCCc1cc(C)nn1C. The van der Waals surface area contributed by atoms with Gasteiger partial charge in [0, 0.05) is 18.8 Å². The first-order valence-corrected chi connectivity index (χ1v) is 6.36. The number of nitrogens with zero attached hydrogens (tertiary/aromatic N) is 2. The molecule has 0 aliphatic carbocycles. The van der Waals surface area contributed by atoms with Gasteiger partial charge >= 0.3 is 0 Å². The average molecular weight is 223 g/mol. The van der Waals surface area contributed by atoms with Gasteiger partial charge in [0.15, 0.2) is 0 Å². The van der Waals surface area contributed by atoms with Crippen molar-refractivity contribution in [2.45, 2.75) is 52.5 Å². The summed E-state index contributed by atoms with van der Waals surface area (Å²) in [5.41, 5.74) is 2.47. The predicted molar refractivity (Wildman–Crippen MR) is 68.6 cm³/mol. The van der Waals surface area contributed by atoms with Gasteiger partial charge in [-0.05, 0) is 52.1 Å². The zero-order valence-corrected chi connectivity index (χ0v) is 11.1. The van der Waals surface area contributed by atoms with Crippen molar-refractivity contribution in [3.05, 3.63) is 17.5 Å². The molecule has 0 aliphatic heterocycles. The molecule has 3 heteroatoms. The third-order valence-corrected chi connectivity index (χ3v) is 2.91. The second-order valence-electron chi connectivity index (χ2n) is 4.65. The van der Waals surface area contributed by atoms with Crippen LogP contribution in [0, 0.1) is 6.92 Å². The molecule has 1 rings (SSSR count). The quantitative estimate of drug-likeness (QED) is 0.769. The number of hydrogen-bond acceptors (Lipinski definition) is 2. The van der Waals surface area contributed by atoms with Gasteiger partial charge in [-0.25, -0.2) is 0 Å². The summed E-state index contributed by atoms with van der Waals surface area (Å²) in [6, 6.07) is 2.82. The Morgan fingerprint density at radius 2 is 2.25 bits per heavy atom. The van der Waals surface area contributed by atoms with E-state index in [2.05, 4.69) is 37.3 Å². The Morgan fingerprint density at radius 1 is 1.50 bits per heavy atom. The van der Waals surface area contributed by atoms with Crippen molar-refractivity contribution in [1.82, 2.24) is 15.1 Å². The molecule has 0 amide bonds. The molecule has 0 radical (unpaired) electrons. The fourth-order valence-corrected chi connectivity index (χ4v) is 1.98. The molecular weight excluding hydrogens is 198 g/mol. The lowest BCUT2D eigenvalue weighted by Gasteiger charge is -2.12. The molecule has 1 N–H and O–H groups in total. The van der Waals surface area contributed by atoms with Crippen molar-refractivity contribution in [3.63, 3.8) is 0 Å². The van der Waals surface area contributed by atoms with E-state index in [1.165, 1.54) is 25.0 Å². The summed E-state index contributed by atoms with van der Waals surface area (Å²) in [7, 11) is 2.03. The number of rotatable bonds is 7. The van der Waals surface area contributed by atoms with Crippen LogP contribution in [0.2, 0.25) is 0 Å². The Hall–Kier alpha value is -0.830. The molecular formula is C13H25N3. The van der Waals surface area contributed by atoms with Crippen LogP contribution in [0.15, 0.2) is 6.07 Å². The van der Waals surface area contributed by atoms with Gasteiger partial charge in [-0.15, -0.1) is 0 Å². The van der Waals surface area contributed by atoms with Gasteiger partial charge in [0.25, 0.3) is 0 Å². The number of nitrogens with one attached hydrogen (secondary N) is 1. The lowest BCUT2D eigenvalue weighted by molar-refractivity contribution is 0.494. The van der Waals surface area contributed by atoms with Crippen LogP contribution in [0.4, 0.5) is 0 Å². The molecule has 92 valence electrons. The van der Waals surface area contributed by atoms with E-state index in [-0.39, 0.29) is 0 Å². The Kier molecular flexibility index (Phi) is 5.53. The van der Waals surface area contributed by atoms with E-state index in [0.717, 1.165) is 18.7 Å². The average Bonchev–Trinajstić information content (AvgIpc) is 2.55. The van der Waals surface area contributed by atoms with Gasteiger partial charge in [-0.2, -0.15) is 5.10 Å². The highest BCUT2D eigenvalue weighted by molar-refractivity contribution is 5.08. The number of aromatic nitrogens is 2. The Bertz CT molecular complexity index is 304. The van der Waals surface area contributed by atoms with Crippen molar-refractivity contribution in [1.29, 1.82) is 0 Å². The van der Waals surface area contributed by atoms with Crippen LogP contribution in [0.1, 0.15) is 44.5 Å². The van der Waals surface area contributed by atoms with Crippen molar-refractivity contribution >= 4 is 0 Å². The second kappa shape index (κ2) is 6.69. The summed E-state index contributed by atoms with van der Waals surface area (Å²) < 4.78 is 2.00. The van der Waals surface area contributed by atoms with Crippen LogP contribution >= 0.6 is 0 Å². The zero-order chi connectivity index (χ0) is 12.0. The highest BCUT2D eigenvalue weighted by Crippen LogP contribution is 2.07. The summed E-state index contributed by atoms with van der Waals surface area (Å²) in [4.78, 5) is 0. The molecule has 0 aromatic carbocycles. The van der Waals surface area contributed by atoms with Gasteiger partial charge in [0.05, 0.1) is 5.69 Å². The number of aryl methyl sites for hydroxylation is 3. The zero-order valence-electron chi connectivity index (χ0n) is 11.1. The van der Waals surface area contributed by atoms with Crippen LogP contribution in [-0.2, 0) is 13.5 Å². The first-order valence-electron chi connectivity index (χ1n) is 6.36. The molecule has 0 bridgehead atoms. The normalized spacial score (nSPS) is 13.0. The molecule has 0 saturated heterocycles. The van der Waals surface area contributed by atoms with Crippen molar-refractivity contribution < 1.29 is 0 Å². The maximum atomic E-state index is 4.36. The fraction of sp³-hybridized carbons (Fsp3) is 0.769. The van der Waals surface area contributed by atoms with Gasteiger partial charge < -0.3 is 5.32 Å². The van der Waals surface area contributed by atoms with E-state index in [1.807, 2.05) is 11.7 Å². The molecule has 1 heterocycles. The molecule has 3 nitrogen and oxygen atoms in total. The van der Waals surface area contributed by atoms with E-state index in [9.17, 15) is 0 Å². The second-order valence-corrected chi connectivity index (χ2v) is 4.65. The first kappa shape index (κ1) is 13.2. The molecule has 0 aliphatic rings. The summed E-state index contributed by atoms with van der Waals surface area (Å²) in [6.07, 6.45) is 4.82. The molecule has 0 fully saturated rings. The summed E-state index contributed by atoms with van der Waals surface area (Å²) in [6.45, 7) is 7.66. The minimum absolute atomic E-state index is 0.634. The maximum Gasteiger partial charge on any atom is 0.0596 e. The van der Waals surface area contributed by atoms with Crippen LogP contribution in [-0.4, -0.2) is 22.4 Å². The van der Waals surface area contributed by atoms with E-state index in [0.29, 0.717) is 6.04 Å². The van der Waals surface area contributed by atoms with E-state index >= 15 is 0 Å². The van der Waals surface area contributed by atoms with Crippen molar-refractivity contribution in [3.8, 4) is 0 Å². The predicted octanol–water partition coefficient (Wildman–Crippen LogP) is 2.44. The van der Waals surface area contributed by atoms with Crippen LogP contribution < -0.4 is 5.32 Å². The maximum absolute atomic E-state index is 4.36. The monoisotopic (exact) mass is 223 g/mol. The largest absolute Gasteiger partial charge is 0.314 e. The highest BCUT2D eigenvalue weighted by Gasteiger charge is 2.04. The summed E-state index contributed by atoms with van der Waals surface area (Å²) in [5, 5.41) is 7.88. The fourth-order valence-electron chi connectivity index (χ4n) is 1.98. The van der Waals surface area contributed by atoms with Crippen LogP contribution in [0.3, 0.4) is 0 Å². The van der Waals surface area contributed by atoms with Crippen LogP contribution in [0.25, 0.3) is 0 Å². The lowest BCUT2D eigenvalue weighted by atomic mass is 10.1. The van der Waals surface area contributed by atoms with Gasteiger partial charge in [0.1, 0.15) is 0 Å². The molecule has 16 heavy (non-hydrogen) atoms. The Balaban J connectivity index is 2.22. The Morgan fingerprint density at radius 3 is 2.81 bits per heavy atom. The standard InChI is InChI=1S/C13H25N3/c1-5-9-14-11(2)7-6-8-13-10-12(3)15-16(13)4/h10-11,14H,5-9H2,1-4H3. The van der Waals surface area contributed by atoms with Crippen molar-refractivity contribution in [2.24, 2.45) is 7.05 Å². The first-order chi connectivity index (χ1) is 7.63. The van der Waals surface area contributed by atoms with E-state index < -0.39 is 0 Å². The van der Waals surface area contributed by atoms with Crippen LogP contribution in [0.5, 0.6) is 0 Å². The molecule has 1 aromatic heterocycles. The highest BCUT2D eigenvalue weighted by atomic mass is 15.3. The van der Waals surface area contributed by atoms with Gasteiger partial charge in [-0.3, -0.25) is 4.68 Å². The molecule has 1 aromatic rings. The van der Waals surface area contributed by atoms with Gasteiger partial charge in [-0.1, -0.05) is 6.92 Å².